The number of benzene rings is 2. The highest BCUT2D eigenvalue weighted by atomic mass is 16.1. The third kappa shape index (κ3) is 6.97. The molecule has 0 aromatic heterocycles. The van der Waals surface area contributed by atoms with E-state index in [9.17, 15) is 4.79 Å². The highest BCUT2D eigenvalue weighted by Crippen LogP contribution is 2.28. The molecule has 0 saturated carbocycles. The molecule has 4 rings (SSSR count). The first-order chi connectivity index (χ1) is 18.8. The molecule has 0 spiro atoms. The van der Waals surface area contributed by atoms with Gasteiger partial charge in [0.15, 0.2) is 0 Å². The molecule has 0 unspecified atom stereocenters. The van der Waals surface area contributed by atoms with Gasteiger partial charge in [0.2, 0.25) is 5.78 Å². The molecule has 39 heavy (non-hydrogen) atoms. The molecule has 2 aromatic rings. The summed E-state index contributed by atoms with van der Waals surface area (Å²) in [5, 5.41) is 0. The van der Waals surface area contributed by atoms with Crippen LogP contribution in [-0.2, 0) is 4.79 Å². The minimum absolute atomic E-state index is 0.0122. The van der Waals surface area contributed by atoms with Crippen molar-refractivity contribution in [2.75, 3.05) is 36.0 Å². The molecule has 2 aromatic carbocycles. The van der Waals surface area contributed by atoms with Gasteiger partial charge in [-0.1, -0.05) is 0 Å². The van der Waals surface area contributed by atoms with Gasteiger partial charge in [-0.2, -0.15) is 0 Å². The Balaban J connectivity index is 1.64. The van der Waals surface area contributed by atoms with E-state index in [0.717, 1.165) is 61.8 Å². The highest BCUT2D eigenvalue weighted by molar-refractivity contribution is 6.50. The Kier molecular flexibility index (Phi) is 9.60. The van der Waals surface area contributed by atoms with Gasteiger partial charge in [-0.05, 0) is 109 Å². The molecule has 0 radical (unpaired) electrons. The van der Waals surface area contributed by atoms with Crippen LogP contribution in [0.25, 0.3) is 0 Å². The number of ketones is 1. The van der Waals surface area contributed by atoms with Crippen molar-refractivity contribution in [3.63, 3.8) is 0 Å². The van der Waals surface area contributed by atoms with E-state index in [1.165, 1.54) is 17.8 Å². The molecule has 0 atom stereocenters. The van der Waals surface area contributed by atoms with Crippen LogP contribution in [0.3, 0.4) is 0 Å². The Morgan fingerprint density at radius 3 is 1.62 bits per heavy atom. The normalized spacial score (nSPS) is 18.3. The quantitative estimate of drug-likeness (QED) is 0.342. The number of aliphatic imine (C=N–C) groups is 2. The van der Waals surface area contributed by atoms with E-state index in [1.807, 2.05) is 12.1 Å². The summed E-state index contributed by atoms with van der Waals surface area (Å²) >= 11 is 0. The zero-order valence-electron chi connectivity index (χ0n) is 24.7. The number of piperidine rings is 1. The summed E-state index contributed by atoms with van der Waals surface area (Å²) in [6.07, 6.45) is 5.74. The zero-order chi connectivity index (χ0) is 27.9. The summed E-state index contributed by atoms with van der Waals surface area (Å²) in [5.41, 5.74) is 6.51. The number of allylic oxidation sites excluding steroid dienone is 2. The fourth-order valence-electron chi connectivity index (χ4n) is 5.67. The van der Waals surface area contributed by atoms with Crippen molar-refractivity contribution in [1.82, 2.24) is 4.90 Å². The molecule has 1 saturated heterocycles. The van der Waals surface area contributed by atoms with Crippen LogP contribution < -0.4 is 9.80 Å². The van der Waals surface area contributed by atoms with E-state index < -0.39 is 0 Å². The number of rotatable bonds is 9. The third-order valence-electron chi connectivity index (χ3n) is 7.70. The fourth-order valence-corrected chi connectivity index (χ4v) is 5.67. The van der Waals surface area contributed by atoms with E-state index in [-0.39, 0.29) is 5.78 Å². The number of carbonyl (C=O) groups excluding carboxylic acids is 1. The summed E-state index contributed by atoms with van der Waals surface area (Å²) in [6.45, 7) is 17.0. The summed E-state index contributed by atoms with van der Waals surface area (Å²) < 4.78 is 0. The lowest BCUT2D eigenvalue weighted by Gasteiger charge is -2.33. The summed E-state index contributed by atoms with van der Waals surface area (Å²) in [4.78, 5) is 30.2. The second-order valence-corrected chi connectivity index (χ2v) is 11.0. The minimum atomic E-state index is -0.0122. The van der Waals surface area contributed by atoms with Gasteiger partial charge in [0.05, 0.1) is 28.5 Å². The summed E-state index contributed by atoms with van der Waals surface area (Å²) in [5.74, 6) is -0.0122. The average Bonchev–Trinajstić information content (AvgIpc) is 2.93. The molecule has 0 bridgehead atoms. The number of anilines is 2. The molecule has 1 heterocycles. The smallest absolute Gasteiger partial charge is 0.202 e. The fraction of sp³-hybridized carbons (Fsp3) is 0.485. The van der Waals surface area contributed by atoms with Crippen molar-refractivity contribution in [3.8, 4) is 0 Å². The molecule has 1 fully saturated rings. The number of likely N-dealkylation sites (tertiary alicyclic amines) is 1. The maximum atomic E-state index is 13.3. The summed E-state index contributed by atoms with van der Waals surface area (Å²) in [6, 6.07) is 17.5. The molecular formula is C33H45N5O. The Bertz CT molecular complexity index is 1200. The molecule has 1 aliphatic heterocycles. The van der Waals surface area contributed by atoms with Gasteiger partial charge in [-0.15, -0.1) is 0 Å². The second-order valence-electron chi connectivity index (χ2n) is 11.0. The Morgan fingerprint density at radius 2 is 1.18 bits per heavy atom. The second kappa shape index (κ2) is 13.1. The van der Waals surface area contributed by atoms with Crippen molar-refractivity contribution in [3.05, 3.63) is 60.3 Å². The zero-order valence-corrected chi connectivity index (χ0v) is 24.7. The van der Waals surface area contributed by atoms with Crippen LogP contribution in [-0.4, -0.2) is 60.4 Å². The molecule has 2 aliphatic rings. The topological polar surface area (TPSA) is 51.5 Å². The maximum absolute atomic E-state index is 13.3. The first kappa shape index (κ1) is 28.6. The highest BCUT2D eigenvalue weighted by Gasteiger charge is 2.27. The molecule has 0 amide bonds. The number of carbonyl (C=O) groups is 1. The van der Waals surface area contributed by atoms with Gasteiger partial charge in [0.1, 0.15) is 0 Å². The predicted octanol–water partition coefficient (Wildman–Crippen LogP) is 7.34. The van der Waals surface area contributed by atoms with E-state index in [0.29, 0.717) is 24.2 Å². The number of nitrogens with zero attached hydrogens (tertiary/aromatic N) is 5. The van der Waals surface area contributed by atoms with Crippen LogP contribution in [0.2, 0.25) is 0 Å². The van der Waals surface area contributed by atoms with E-state index in [1.54, 1.807) is 6.08 Å². The minimum Gasteiger partial charge on any atom is -0.370 e. The number of hydrogen-bond donors (Lipinski definition) is 0. The Labute approximate surface area is 235 Å². The van der Waals surface area contributed by atoms with Gasteiger partial charge < -0.3 is 14.7 Å². The van der Waals surface area contributed by atoms with Crippen LogP contribution >= 0.6 is 0 Å². The first-order valence-electron chi connectivity index (χ1n) is 14.7. The van der Waals surface area contributed by atoms with Crippen LogP contribution in [0.15, 0.2) is 70.3 Å². The molecular weight excluding hydrogens is 482 g/mol. The van der Waals surface area contributed by atoms with Gasteiger partial charge in [0.25, 0.3) is 0 Å². The molecule has 0 N–H and O–H groups in total. The van der Waals surface area contributed by atoms with E-state index in [2.05, 4.69) is 92.6 Å². The Hall–Kier alpha value is -3.41. The van der Waals surface area contributed by atoms with Crippen molar-refractivity contribution in [1.29, 1.82) is 0 Å². The molecule has 6 heteroatoms. The standard InChI is InChI=1S/C33H45N5O/c1-7-37(24(3)4)28-16-12-26(13-17-28)34-30-22-31(33(39)23-32(30)36-20-10-9-11-21-36)35-27-14-18-29(19-15-27)38(8-2)25(5)6/h12-19,23-25H,7-11,20-22H2,1-6H3. The van der Waals surface area contributed by atoms with Crippen molar-refractivity contribution >= 4 is 40.0 Å². The van der Waals surface area contributed by atoms with Gasteiger partial charge >= 0.3 is 0 Å². The molecule has 1 aliphatic carbocycles. The summed E-state index contributed by atoms with van der Waals surface area (Å²) in [7, 11) is 0. The van der Waals surface area contributed by atoms with Crippen LogP contribution in [0.4, 0.5) is 22.7 Å². The Morgan fingerprint density at radius 1 is 0.718 bits per heavy atom. The van der Waals surface area contributed by atoms with Gasteiger partial charge in [-0.25, -0.2) is 4.99 Å². The molecule has 208 valence electrons. The first-order valence-corrected chi connectivity index (χ1v) is 14.7. The van der Waals surface area contributed by atoms with E-state index in [4.69, 9.17) is 9.98 Å². The average molecular weight is 528 g/mol. The van der Waals surface area contributed by atoms with Gasteiger partial charge in [-0.3, -0.25) is 9.79 Å². The maximum Gasteiger partial charge on any atom is 0.202 e. The lowest BCUT2D eigenvalue weighted by molar-refractivity contribution is -0.109. The largest absolute Gasteiger partial charge is 0.370 e. The van der Waals surface area contributed by atoms with Crippen LogP contribution in [0.5, 0.6) is 0 Å². The van der Waals surface area contributed by atoms with Gasteiger partial charge in [0, 0.05) is 62.1 Å². The monoisotopic (exact) mass is 527 g/mol. The lowest BCUT2D eigenvalue weighted by atomic mass is 9.96. The van der Waals surface area contributed by atoms with Crippen molar-refractivity contribution < 1.29 is 4.79 Å². The van der Waals surface area contributed by atoms with Crippen LogP contribution in [0, 0.1) is 0 Å². The lowest BCUT2D eigenvalue weighted by Crippen LogP contribution is -2.37. The third-order valence-corrected chi connectivity index (χ3v) is 7.70. The van der Waals surface area contributed by atoms with Crippen LogP contribution in [0.1, 0.15) is 67.2 Å². The predicted molar refractivity (Wildman–Crippen MR) is 167 cm³/mol. The van der Waals surface area contributed by atoms with Crippen molar-refractivity contribution in [2.45, 2.75) is 79.3 Å². The van der Waals surface area contributed by atoms with Crippen molar-refractivity contribution in [2.24, 2.45) is 9.98 Å². The SMILES string of the molecule is CCN(c1ccc(N=C2CC(=Nc3ccc(N(CC)C(C)C)cc3)C(N3CCCCC3)=CC2=O)cc1)C(C)C. The molecule has 6 nitrogen and oxygen atoms in total. The number of hydrogen-bond acceptors (Lipinski definition) is 6. The van der Waals surface area contributed by atoms with E-state index >= 15 is 0 Å².